The van der Waals surface area contributed by atoms with E-state index in [0.29, 0.717) is 30.7 Å². The van der Waals surface area contributed by atoms with Gasteiger partial charge >= 0.3 is 0 Å². The molecule has 0 fully saturated rings. The van der Waals surface area contributed by atoms with Crippen LogP contribution < -0.4 is 10.1 Å². The van der Waals surface area contributed by atoms with Crippen LogP contribution in [0.25, 0.3) is 11.3 Å². The Kier molecular flexibility index (Phi) is 5.63. The molecule has 1 heterocycles. The van der Waals surface area contributed by atoms with Crippen LogP contribution in [0.15, 0.2) is 59.3 Å². The number of rotatable bonds is 7. The Morgan fingerprint density at radius 3 is 2.58 bits per heavy atom. The fourth-order valence-corrected chi connectivity index (χ4v) is 2.56. The second-order valence-electron chi connectivity index (χ2n) is 5.81. The molecule has 0 spiro atoms. The van der Waals surface area contributed by atoms with E-state index in [4.69, 9.17) is 9.26 Å². The lowest BCUT2D eigenvalue weighted by Gasteiger charge is -2.06. The summed E-state index contributed by atoms with van der Waals surface area (Å²) in [5.74, 6) is 0.938. The molecule has 0 aliphatic heterocycles. The zero-order valence-electron chi connectivity index (χ0n) is 14.4. The predicted octanol–water partition coefficient (Wildman–Crippen LogP) is 3.74. The van der Waals surface area contributed by atoms with Gasteiger partial charge in [0.05, 0.1) is 13.3 Å². The standard InChI is InChI=1S/C20H19FN2O3/c1-25-18-9-2-14(3-10-18)4-11-19(24)22-12-16-13-23-26-20(16)15-5-7-17(21)8-6-15/h2-3,5-10,13H,4,11-12H2,1H3,(H,22,24). The average Bonchev–Trinajstić information content (AvgIpc) is 3.14. The summed E-state index contributed by atoms with van der Waals surface area (Å²) in [6, 6.07) is 13.6. The van der Waals surface area contributed by atoms with Crippen LogP contribution in [0.3, 0.4) is 0 Å². The summed E-state index contributed by atoms with van der Waals surface area (Å²) in [4.78, 5) is 12.1. The summed E-state index contributed by atoms with van der Waals surface area (Å²) in [6.45, 7) is 0.303. The average molecular weight is 354 g/mol. The summed E-state index contributed by atoms with van der Waals surface area (Å²) < 4.78 is 23.4. The first-order valence-corrected chi connectivity index (χ1v) is 8.25. The van der Waals surface area contributed by atoms with Gasteiger partial charge in [-0.3, -0.25) is 4.79 Å². The number of benzene rings is 2. The van der Waals surface area contributed by atoms with Crippen LogP contribution in [-0.2, 0) is 17.8 Å². The quantitative estimate of drug-likeness (QED) is 0.702. The SMILES string of the molecule is COc1ccc(CCC(=O)NCc2cnoc2-c2ccc(F)cc2)cc1. The number of aromatic nitrogens is 1. The lowest BCUT2D eigenvalue weighted by atomic mass is 10.1. The summed E-state index contributed by atoms with van der Waals surface area (Å²) in [6.07, 6.45) is 2.58. The van der Waals surface area contributed by atoms with Gasteiger partial charge in [-0.15, -0.1) is 0 Å². The van der Waals surface area contributed by atoms with Crippen molar-refractivity contribution >= 4 is 5.91 Å². The van der Waals surface area contributed by atoms with Crippen molar-refractivity contribution < 1.29 is 18.4 Å². The molecule has 0 aliphatic rings. The van der Waals surface area contributed by atoms with Crippen LogP contribution in [0.5, 0.6) is 5.75 Å². The Morgan fingerprint density at radius 2 is 1.88 bits per heavy atom. The van der Waals surface area contributed by atoms with E-state index in [1.165, 1.54) is 12.1 Å². The van der Waals surface area contributed by atoms with Crippen molar-refractivity contribution in [1.82, 2.24) is 10.5 Å². The number of carbonyl (C=O) groups is 1. The summed E-state index contributed by atoms with van der Waals surface area (Å²) >= 11 is 0. The van der Waals surface area contributed by atoms with E-state index in [9.17, 15) is 9.18 Å². The van der Waals surface area contributed by atoms with Gasteiger partial charge in [0, 0.05) is 24.1 Å². The molecule has 3 aromatic rings. The van der Waals surface area contributed by atoms with Crippen molar-refractivity contribution in [1.29, 1.82) is 0 Å². The summed E-state index contributed by atoms with van der Waals surface area (Å²) in [7, 11) is 1.62. The normalized spacial score (nSPS) is 10.5. The Hall–Kier alpha value is -3.15. The largest absolute Gasteiger partial charge is 0.497 e. The van der Waals surface area contributed by atoms with Gasteiger partial charge in [0.2, 0.25) is 5.91 Å². The summed E-state index contributed by atoms with van der Waals surface area (Å²) in [5.41, 5.74) is 2.53. The number of nitrogens with one attached hydrogen (secondary N) is 1. The smallest absolute Gasteiger partial charge is 0.220 e. The van der Waals surface area contributed by atoms with Crippen molar-refractivity contribution in [3.8, 4) is 17.1 Å². The van der Waals surface area contributed by atoms with Crippen LogP contribution in [-0.4, -0.2) is 18.2 Å². The third-order valence-corrected chi connectivity index (χ3v) is 4.03. The van der Waals surface area contributed by atoms with E-state index in [1.807, 2.05) is 24.3 Å². The molecule has 1 amide bonds. The number of methoxy groups -OCH3 is 1. The molecule has 3 rings (SSSR count). The lowest BCUT2D eigenvalue weighted by molar-refractivity contribution is -0.121. The highest BCUT2D eigenvalue weighted by atomic mass is 19.1. The number of hydrogen-bond donors (Lipinski definition) is 1. The molecule has 0 atom stereocenters. The van der Waals surface area contributed by atoms with Crippen LogP contribution in [0.1, 0.15) is 17.5 Å². The monoisotopic (exact) mass is 354 g/mol. The molecule has 2 aromatic carbocycles. The minimum Gasteiger partial charge on any atom is -0.497 e. The molecule has 6 heteroatoms. The molecule has 0 bridgehead atoms. The first-order valence-electron chi connectivity index (χ1n) is 8.25. The molecule has 0 saturated carbocycles. The van der Waals surface area contributed by atoms with E-state index in [-0.39, 0.29) is 11.7 Å². The first-order chi connectivity index (χ1) is 12.7. The maximum atomic E-state index is 13.0. The van der Waals surface area contributed by atoms with Gasteiger partial charge in [0.1, 0.15) is 11.6 Å². The van der Waals surface area contributed by atoms with Crippen molar-refractivity contribution in [2.75, 3.05) is 7.11 Å². The fraction of sp³-hybridized carbons (Fsp3) is 0.200. The molecule has 0 aliphatic carbocycles. The Balaban J connectivity index is 1.53. The van der Waals surface area contributed by atoms with Crippen molar-refractivity contribution in [2.45, 2.75) is 19.4 Å². The molecule has 1 N–H and O–H groups in total. The number of nitrogens with zero attached hydrogens (tertiary/aromatic N) is 1. The van der Waals surface area contributed by atoms with Crippen molar-refractivity contribution in [3.05, 3.63) is 71.7 Å². The van der Waals surface area contributed by atoms with Crippen LogP contribution in [0, 0.1) is 5.82 Å². The Morgan fingerprint density at radius 1 is 1.15 bits per heavy atom. The van der Waals surface area contributed by atoms with Gasteiger partial charge in [0.15, 0.2) is 5.76 Å². The minimum atomic E-state index is -0.318. The molecule has 134 valence electrons. The van der Waals surface area contributed by atoms with E-state index >= 15 is 0 Å². The van der Waals surface area contributed by atoms with Gasteiger partial charge in [-0.05, 0) is 48.4 Å². The Labute approximate surface area is 150 Å². The fourth-order valence-electron chi connectivity index (χ4n) is 2.56. The number of amides is 1. The van der Waals surface area contributed by atoms with Crippen molar-refractivity contribution in [3.63, 3.8) is 0 Å². The number of ether oxygens (including phenoxy) is 1. The number of hydrogen-bond acceptors (Lipinski definition) is 4. The zero-order chi connectivity index (χ0) is 18.4. The highest BCUT2D eigenvalue weighted by Gasteiger charge is 2.12. The van der Waals surface area contributed by atoms with Crippen molar-refractivity contribution in [2.24, 2.45) is 0 Å². The molecule has 0 radical (unpaired) electrons. The maximum Gasteiger partial charge on any atom is 0.220 e. The van der Waals surface area contributed by atoms with Gasteiger partial charge < -0.3 is 14.6 Å². The van der Waals surface area contributed by atoms with E-state index < -0.39 is 0 Å². The number of halogens is 1. The van der Waals surface area contributed by atoms with Gasteiger partial charge in [-0.25, -0.2) is 4.39 Å². The Bertz CT molecular complexity index is 858. The molecule has 1 aromatic heterocycles. The molecule has 0 saturated heterocycles. The van der Waals surface area contributed by atoms with Gasteiger partial charge in [0.25, 0.3) is 0 Å². The molecular weight excluding hydrogens is 335 g/mol. The highest BCUT2D eigenvalue weighted by Crippen LogP contribution is 2.23. The van der Waals surface area contributed by atoms with Crippen LogP contribution in [0.4, 0.5) is 4.39 Å². The molecular formula is C20H19FN2O3. The van der Waals surface area contributed by atoms with Gasteiger partial charge in [-0.1, -0.05) is 17.3 Å². The molecule has 0 unspecified atom stereocenters. The highest BCUT2D eigenvalue weighted by molar-refractivity contribution is 5.76. The number of carbonyl (C=O) groups excluding carboxylic acids is 1. The van der Waals surface area contributed by atoms with E-state index in [2.05, 4.69) is 10.5 Å². The van der Waals surface area contributed by atoms with Crippen LogP contribution >= 0.6 is 0 Å². The van der Waals surface area contributed by atoms with Crippen LogP contribution in [0.2, 0.25) is 0 Å². The molecule has 5 nitrogen and oxygen atoms in total. The topological polar surface area (TPSA) is 64.4 Å². The second-order valence-corrected chi connectivity index (χ2v) is 5.81. The third-order valence-electron chi connectivity index (χ3n) is 4.03. The minimum absolute atomic E-state index is 0.0629. The van der Waals surface area contributed by atoms with Gasteiger partial charge in [-0.2, -0.15) is 0 Å². The van der Waals surface area contributed by atoms with E-state index in [1.54, 1.807) is 25.4 Å². The number of aryl methyl sites for hydroxylation is 1. The first kappa shape index (κ1) is 17.7. The predicted molar refractivity (Wildman–Crippen MR) is 95.1 cm³/mol. The third kappa shape index (κ3) is 4.47. The molecule has 26 heavy (non-hydrogen) atoms. The lowest BCUT2D eigenvalue weighted by Crippen LogP contribution is -2.23. The second kappa shape index (κ2) is 8.29. The maximum absolute atomic E-state index is 13.0. The zero-order valence-corrected chi connectivity index (χ0v) is 14.4. The summed E-state index contributed by atoms with van der Waals surface area (Å²) in [5, 5.41) is 6.64. The van der Waals surface area contributed by atoms with E-state index in [0.717, 1.165) is 16.9 Å².